The molecule has 1 aliphatic heterocycles. The molecular formula is C15H24N2O2. The van der Waals surface area contributed by atoms with Crippen LogP contribution in [0.25, 0.3) is 0 Å². The average Bonchev–Trinajstić information content (AvgIpc) is 3.31. The average molecular weight is 264 g/mol. The van der Waals surface area contributed by atoms with Gasteiger partial charge >= 0.3 is 0 Å². The van der Waals surface area contributed by atoms with Gasteiger partial charge in [-0.15, -0.1) is 0 Å². The number of carbonyl (C=O) groups excluding carboxylic acids is 2. The third-order valence-corrected chi connectivity index (χ3v) is 4.78. The highest BCUT2D eigenvalue weighted by molar-refractivity contribution is 5.82. The summed E-state index contributed by atoms with van der Waals surface area (Å²) in [5.41, 5.74) is 0. The van der Waals surface area contributed by atoms with Crippen LogP contribution in [0.5, 0.6) is 0 Å². The highest BCUT2D eigenvalue weighted by atomic mass is 16.2. The number of carbonyl (C=O) groups is 2. The maximum atomic E-state index is 12.4. The Bertz CT molecular complexity index is 351. The van der Waals surface area contributed by atoms with Crippen LogP contribution in [0.4, 0.5) is 0 Å². The number of hydrogen-bond acceptors (Lipinski definition) is 2. The fraction of sp³-hybridized carbons (Fsp3) is 0.867. The van der Waals surface area contributed by atoms with Crippen molar-refractivity contribution in [1.29, 1.82) is 0 Å². The van der Waals surface area contributed by atoms with Gasteiger partial charge in [0.25, 0.3) is 0 Å². The quantitative estimate of drug-likeness (QED) is 0.761. The molecule has 2 saturated carbocycles. The third-order valence-electron chi connectivity index (χ3n) is 4.78. The van der Waals surface area contributed by atoms with Gasteiger partial charge in [0.05, 0.1) is 0 Å². The lowest BCUT2D eigenvalue weighted by molar-refractivity contribution is -0.143. The monoisotopic (exact) mass is 264 g/mol. The van der Waals surface area contributed by atoms with E-state index in [0.29, 0.717) is 17.7 Å². The van der Waals surface area contributed by atoms with E-state index in [1.165, 1.54) is 19.3 Å². The van der Waals surface area contributed by atoms with Crippen molar-refractivity contribution in [2.75, 3.05) is 26.2 Å². The van der Waals surface area contributed by atoms with Crippen molar-refractivity contribution in [3.8, 4) is 0 Å². The first-order valence-electron chi connectivity index (χ1n) is 7.83. The highest BCUT2D eigenvalue weighted by Gasteiger charge is 2.36. The second-order valence-corrected chi connectivity index (χ2v) is 6.26. The molecule has 1 saturated heterocycles. The first kappa shape index (κ1) is 12.9. The van der Waals surface area contributed by atoms with Crippen LogP contribution in [0.15, 0.2) is 0 Å². The molecule has 4 nitrogen and oxygen atoms in total. The van der Waals surface area contributed by atoms with Crippen LogP contribution in [0, 0.1) is 11.8 Å². The lowest BCUT2D eigenvalue weighted by Gasteiger charge is -2.37. The zero-order chi connectivity index (χ0) is 13.2. The second kappa shape index (κ2) is 5.51. The lowest BCUT2D eigenvalue weighted by atomic mass is 9.88. The van der Waals surface area contributed by atoms with E-state index in [2.05, 4.69) is 0 Å². The summed E-state index contributed by atoms with van der Waals surface area (Å²) >= 11 is 0. The zero-order valence-corrected chi connectivity index (χ0v) is 11.6. The predicted molar refractivity (Wildman–Crippen MR) is 72.5 cm³/mol. The summed E-state index contributed by atoms with van der Waals surface area (Å²) in [4.78, 5) is 28.3. The molecule has 0 bridgehead atoms. The Hall–Kier alpha value is -1.06. The van der Waals surface area contributed by atoms with Gasteiger partial charge in [0, 0.05) is 38.0 Å². The summed E-state index contributed by atoms with van der Waals surface area (Å²) in [6.07, 6.45) is 7.97. The van der Waals surface area contributed by atoms with Crippen molar-refractivity contribution in [1.82, 2.24) is 9.80 Å². The van der Waals surface area contributed by atoms with Crippen LogP contribution in [-0.2, 0) is 9.59 Å². The maximum Gasteiger partial charge on any atom is 0.225 e. The molecule has 0 aromatic rings. The third kappa shape index (κ3) is 2.93. The van der Waals surface area contributed by atoms with E-state index in [1.807, 2.05) is 9.80 Å². The summed E-state index contributed by atoms with van der Waals surface area (Å²) in [5.74, 6) is 1.24. The fourth-order valence-electron chi connectivity index (χ4n) is 3.34. The van der Waals surface area contributed by atoms with Crippen molar-refractivity contribution < 1.29 is 9.59 Å². The maximum absolute atomic E-state index is 12.4. The molecule has 1 heterocycles. The van der Waals surface area contributed by atoms with Crippen LogP contribution in [0.1, 0.15) is 44.9 Å². The molecule has 3 fully saturated rings. The van der Waals surface area contributed by atoms with Crippen molar-refractivity contribution in [3.05, 3.63) is 0 Å². The Morgan fingerprint density at radius 1 is 0.632 bits per heavy atom. The molecule has 0 N–H and O–H groups in total. The van der Waals surface area contributed by atoms with Gasteiger partial charge in [0.2, 0.25) is 11.8 Å². The van der Waals surface area contributed by atoms with E-state index < -0.39 is 0 Å². The van der Waals surface area contributed by atoms with E-state index in [9.17, 15) is 9.59 Å². The summed E-state index contributed by atoms with van der Waals surface area (Å²) in [7, 11) is 0. The smallest absolute Gasteiger partial charge is 0.225 e. The Morgan fingerprint density at radius 3 is 1.47 bits per heavy atom. The van der Waals surface area contributed by atoms with Gasteiger partial charge in [-0.1, -0.05) is 19.3 Å². The van der Waals surface area contributed by atoms with E-state index in [1.54, 1.807) is 0 Å². The SMILES string of the molecule is O=C(C1CCCCC1)N1CCN(C(=O)C2CC2)CC1. The molecule has 106 valence electrons. The molecule has 3 aliphatic rings. The molecule has 2 aliphatic carbocycles. The predicted octanol–water partition coefficient (Wildman–Crippen LogP) is 1.65. The Balaban J connectivity index is 1.48. The lowest BCUT2D eigenvalue weighted by Crippen LogP contribution is -2.52. The Morgan fingerprint density at radius 2 is 1.05 bits per heavy atom. The fourth-order valence-corrected chi connectivity index (χ4v) is 3.34. The summed E-state index contributed by atoms with van der Waals surface area (Å²) in [6.45, 7) is 2.98. The molecule has 0 aromatic carbocycles. The van der Waals surface area contributed by atoms with Gasteiger partial charge < -0.3 is 9.80 Å². The van der Waals surface area contributed by atoms with Crippen molar-refractivity contribution in [2.24, 2.45) is 11.8 Å². The van der Waals surface area contributed by atoms with Crippen LogP contribution in [0.2, 0.25) is 0 Å². The molecule has 19 heavy (non-hydrogen) atoms. The first-order chi connectivity index (χ1) is 9.25. The van der Waals surface area contributed by atoms with E-state index >= 15 is 0 Å². The standard InChI is InChI=1S/C15H24N2O2/c18-14(12-4-2-1-3-5-12)16-8-10-17(11-9-16)15(19)13-6-7-13/h12-13H,1-11H2. The molecule has 0 aromatic heterocycles. The molecule has 0 spiro atoms. The normalized spacial score (nSPS) is 25.5. The van der Waals surface area contributed by atoms with Gasteiger partial charge in [-0.2, -0.15) is 0 Å². The molecule has 0 radical (unpaired) electrons. The number of nitrogens with zero attached hydrogens (tertiary/aromatic N) is 2. The van der Waals surface area contributed by atoms with Crippen molar-refractivity contribution in [2.45, 2.75) is 44.9 Å². The Kier molecular flexibility index (Phi) is 3.76. The van der Waals surface area contributed by atoms with Crippen molar-refractivity contribution in [3.63, 3.8) is 0 Å². The minimum atomic E-state index is 0.263. The molecule has 0 unspecified atom stereocenters. The highest BCUT2D eigenvalue weighted by Crippen LogP contribution is 2.31. The number of hydrogen-bond donors (Lipinski definition) is 0. The molecule has 3 rings (SSSR count). The van der Waals surface area contributed by atoms with E-state index in [-0.39, 0.29) is 5.92 Å². The first-order valence-corrected chi connectivity index (χ1v) is 7.83. The minimum Gasteiger partial charge on any atom is -0.339 e. The number of amides is 2. The number of piperazine rings is 1. The molecule has 0 atom stereocenters. The van der Waals surface area contributed by atoms with Crippen LogP contribution >= 0.6 is 0 Å². The summed E-state index contributed by atoms with van der Waals surface area (Å²) in [6, 6.07) is 0. The van der Waals surface area contributed by atoms with E-state index in [0.717, 1.165) is 51.9 Å². The topological polar surface area (TPSA) is 40.6 Å². The Labute approximate surface area is 115 Å². The van der Waals surface area contributed by atoms with Crippen LogP contribution in [-0.4, -0.2) is 47.8 Å². The minimum absolute atomic E-state index is 0.263. The largest absolute Gasteiger partial charge is 0.339 e. The summed E-state index contributed by atoms with van der Waals surface area (Å²) < 4.78 is 0. The van der Waals surface area contributed by atoms with Gasteiger partial charge in [-0.05, 0) is 25.7 Å². The van der Waals surface area contributed by atoms with Crippen LogP contribution in [0.3, 0.4) is 0 Å². The van der Waals surface area contributed by atoms with Crippen LogP contribution < -0.4 is 0 Å². The van der Waals surface area contributed by atoms with E-state index in [4.69, 9.17) is 0 Å². The van der Waals surface area contributed by atoms with Gasteiger partial charge in [-0.25, -0.2) is 0 Å². The zero-order valence-electron chi connectivity index (χ0n) is 11.6. The molecule has 2 amide bonds. The molecule has 4 heteroatoms. The molecular weight excluding hydrogens is 240 g/mol. The van der Waals surface area contributed by atoms with Gasteiger partial charge in [0.1, 0.15) is 0 Å². The number of rotatable bonds is 2. The second-order valence-electron chi connectivity index (χ2n) is 6.26. The van der Waals surface area contributed by atoms with Crippen molar-refractivity contribution >= 4 is 11.8 Å². The van der Waals surface area contributed by atoms with Gasteiger partial charge in [-0.3, -0.25) is 9.59 Å². The summed E-state index contributed by atoms with van der Waals surface area (Å²) in [5, 5.41) is 0. The van der Waals surface area contributed by atoms with Gasteiger partial charge in [0.15, 0.2) is 0 Å².